The lowest BCUT2D eigenvalue weighted by molar-refractivity contribution is -0.137. The summed E-state index contributed by atoms with van der Waals surface area (Å²) in [6.45, 7) is 0.202. The summed E-state index contributed by atoms with van der Waals surface area (Å²) < 4.78 is 65.4. The molecular weight excluding hydrogens is 841 g/mol. The first kappa shape index (κ1) is 44.6. The van der Waals surface area contributed by atoms with Crippen molar-refractivity contribution in [1.29, 1.82) is 0 Å². The first-order valence-electron chi connectivity index (χ1n) is 20.9. The zero-order valence-corrected chi connectivity index (χ0v) is 35.9. The van der Waals surface area contributed by atoms with Crippen molar-refractivity contribution in [3.63, 3.8) is 0 Å². The number of halogens is 2. The Morgan fingerprint density at radius 3 is 2.47 bits per heavy atom. The fraction of sp³-hybridized carbons (Fsp3) is 0.432. The van der Waals surface area contributed by atoms with E-state index < -0.39 is 27.9 Å². The maximum atomic E-state index is 14.2. The molecule has 1 atom stereocenters. The van der Waals surface area contributed by atoms with Crippen LogP contribution in [0.3, 0.4) is 0 Å². The Bertz CT molecular complexity index is 2500. The van der Waals surface area contributed by atoms with Crippen LogP contribution in [0.1, 0.15) is 104 Å². The predicted molar refractivity (Wildman–Crippen MR) is 235 cm³/mol. The lowest BCUT2D eigenvalue weighted by atomic mass is 9.92. The van der Waals surface area contributed by atoms with Gasteiger partial charge in [-0.1, -0.05) is 61.8 Å². The van der Waals surface area contributed by atoms with Crippen molar-refractivity contribution in [2.75, 3.05) is 24.6 Å². The SMILES string of the molecule is NC(=S)c1cccc(-c2cn(C3CCC(F)(F)CC3)c3c(CNS(=O)(=O)CCCCCCCNC(=O)COc4cccc5c4CN(C4CCC(=O)NC4=O)C5=O)c(N)ccc23)c1. The van der Waals surface area contributed by atoms with E-state index in [0.29, 0.717) is 65.0 Å². The van der Waals surface area contributed by atoms with Gasteiger partial charge in [0, 0.05) is 83.5 Å². The number of nitrogens with one attached hydrogen (secondary N) is 3. The van der Waals surface area contributed by atoms with Crippen molar-refractivity contribution in [3.05, 3.63) is 83.0 Å². The van der Waals surface area contributed by atoms with Gasteiger partial charge in [0.15, 0.2) is 6.61 Å². The number of anilines is 1. The van der Waals surface area contributed by atoms with E-state index in [9.17, 15) is 36.4 Å². The number of nitrogen functional groups attached to an aromatic ring is 1. The molecule has 7 rings (SSSR count). The number of piperidine rings is 1. The van der Waals surface area contributed by atoms with Gasteiger partial charge >= 0.3 is 0 Å². The quantitative estimate of drug-likeness (QED) is 0.0362. The van der Waals surface area contributed by atoms with E-state index in [4.69, 9.17) is 28.4 Å². The minimum Gasteiger partial charge on any atom is -0.483 e. The highest BCUT2D eigenvalue weighted by molar-refractivity contribution is 7.89. The highest BCUT2D eigenvalue weighted by Crippen LogP contribution is 2.43. The molecule has 0 bridgehead atoms. The number of imide groups is 1. The highest BCUT2D eigenvalue weighted by atomic mass is 32.2. The van der Waals surface area contributed by atoms with Crippen molar-refractivity contribution in [3.8, 4) is 16.9 Å². The Hall–Kier alpha value is -5.46. The van der Waals surface area contributed by atoms with Crippen LogP contribution in [0.5, 0.6) is 5.75 Å². The molecule has 330 valence electrons. The van der Waals surface area contributed by atoms with Crippen LogP contribution in [0, 0.1) is 0 Å². The van der Waals surface area contributed by atoms with Crippen LogP contribution in [-0.4, -0.2) is 77.4 Å². The number of thiocarbonyl (C=S) groups is 1. The van der Waals surface area contributed by atoms with Gasteiger partial charge in [0.1, 0.15) is 16.8 Å². The number of carbonyl (C=O) groups excluding carboxylic acids is 4. The molecule has 3 aromatic carbocycles. The Morgan fingerprint density at radius 1 is 0.968 bits per heavy atom. The molecule has 0 radical (unpaired) electrons. The molecule has 62 heavy (non-hydrogen) atoms. The van der Waals surface area contributed by atoms with Crippen LogP contribution >= 0.6 is 12.2 Å². The molecule has 2 fully saturated rings. The lowest BCUT2D eigenvalue weighted by Gasteiger charge is -2.30. The topological polar surface area (TPSA) is 208 Å². The van der Waals surface area contributed by atoms with Gasteiger partial charge in [-0.05, 0) is 61.9 Å². The van der Waals surface area contributed by atoms with Gasteiger partial charge in [0.2, 0.25) is 27.8 Å². The predicted octanol–water partition coefficient (Wildman–Crippen LogP) is 5.60. The number of amides is 4. The number of carbonyl (C=O) groups is 4. The summed E-state index contributed by atoms with van der Waals surface area (Å²) >= 11 is 5.21. The summed E-state index contributed by atoms with van der Waals surface area (Å²) in [6, 6.07) is 15.1. The van der Waals surface area contributed by atoms with Gasteiger partial charge in [0.05, 0.1) is 17.8 Å². The number of aromatic nitrogens is 1. The molecule has 7 N–H and O–H groups in total. The third-order valence-corrected chi connectivity index (χ3v) is 13.6. The van der Waals surface area contributed by atoms with Crippen molar-refractivity contribution in [2.45, 2.75) is 102 Å². The van der Waals surface area contributed by atoms with Crippen LogP contribution in [0.25, 0.3) is 22.0 Å². The summed E-state index contributed by atoms with van der Waals surface area (Å²) in [5.41, 5.74) is 17.4. The van der Waals surface area contributed by atoms with Gasteiger partial charge in [-0.15, -0.1) is 0 Å². The van der Waals surface area contributed by atoms with E-state index in [-0.39, 0.29) is 92.7 Å². The van der Waals surface area contributed by atoms with E-state index in [1.807, 2.05) is 41.1 Å². The molecule has 3 heterocycles. The normalized spacial score (nSPS) is 17.9. The fourth-order valence-corrected chi connectivity index (χ4v) is 9.82. The molecule has 1 aromatic heterocycles. The molecule has 14 nitrogen and oxygen atoms in total. The molecule has 0 spiro atoms. The zero-order chi connectivity index (χ0) is 44.2. The largest absolute Gasteiger partial charge is 0.483 e. The third kappa shape index (κ3) is 10.2. The summed E-state index contributed by atoms with van der Waals surface area (Å²) in [6.07, 6.45) is 5.67. The highest BCUT2D eigenvalue weighted by Gasteiger charge is 2.40. The van der Waals surface area contributed by atoms with Gasteiger partial charge in [-0.2, -0.15) is 0 Å². The summed E-state index contributed by atoms with van der Waals surface area (Å²) in [4.78, 5) is 51.3. The molecule has 1 unspecified atom stereocenters. The Labute approximate surface area is 364 Å². The van der Waals surface area contributed by atoms with Crippen LogP contribution < -0.4 is 31.6 Å². The number of fused-ring (bicyclic) bond motifs is 2. The van der Waals surface area contributed by atoms with Crippen molar-refractivity contribution < 1.29 is 41.1 Å². The Balaban J connectivity index is 0.869. The standard InChI is InChI=1S/C44H51F2N7O7S2/c45-44(46)18-16-29(17-19-44)52-24-33(27-8-6-9-28(22-27)41(48)61)30-12-13-35(47)32(40(30)52)23-50-62(58,59)21-5-3-1-2-4-20-49-39(55)26-60-37-11-7-10-31-34(37)25-53(43(31)57)36-14-15-38(54)51-42(36)56/h6-13,22,24,29,36,50H,1-5,14-21,23,25-26,47H2,(H2,48,61)(H,49,55)(H,51,54,56). The van der Waals surface area contributed by atoms with Crippen molar-refractivity contribution >= 4 is 67.4 Å². The number of rotatable bonds is 18. The smallest absolute Gasteiger partial charge is 0.257 e. The van der Waals surface area contributed by atoms with Gasteiger partial charge in [-0.3, -0.25) is 24.5 Å². The molecule has 3 aliphatic rings. The number of nitrogens with two attached hydrogens (primary N) is 2. The summed E-state index contributed by atoms with van der Waals surface area (Å²) in [7, 11) is -3.70. The monoisotopic (exact) mass is 891 g/mol. The molecular formula is C44H51F2N7O7S2. The van der Waals surface area contributed by atoms with Crippen molar-refractivity contribution in [1.82, 2.24) is 24.8 Å². The first-order chi connectivity index (χ1) is 29.6. The molecule has 1 saturated heterocycles. The molecule has 4 amide bonds. The average Bonchev–Trinajstić information content (AvgIpc) is 3.79. The molecule has 1 aliphatic carbocycles. The van der Waals surface area contributed by atoms with E-state index >= 15 is 0 Å². The van der Waals surface area contributed by atoms with Crippen LogP contribution in [0.4, 0.5) is 14.5 Å². The first-order valence-corrected chi connectivity index (χ1v) is 23.0. The van der Waals surface area contributed by atoms with Crippen LogP contribution in [0.15, 0.2) is 60.8 Å². The Kier molecular flexibility index (Phi) is 13.6. The second kappa shape index (κ2) is 18.9. The number of unbranched alkanes of at least 4 members (excludes halogenated alkanes) is 4. The molecule has 18 heteroatoms. The number of alkyl halides is 2. The number of nitrogens with zero attached hydrogens (tertiary/aromatic N) is 2. The Morgan fingerprint density at radius 2 is 1.71 bits per heavy atom. The number of ether oxygens (including phenoxy) is 1. The van der Waals surface area contributed by atoms with E-state index in [0.717, 1.165) is 29.4 Å². The maximum Gasteiger partial charge on any atom is 0.257 e. The van der Waals surface area contributed by atoms with Crippen LogP contribution in [0.2, 0.25) is 0 Å². The average molecular weight is 892 g/mol. The summed E-state index contributed by atoms with van der Waals surface area (Å²) in [5.74, 6) is -3.98. The van der Waals surface area contributed by atoms with Gasteiger partial charge < -0.3 is 31.0 Å². The number of benzene rings is 3. The molecule has 4 aromatic rings. The van der Waals surface area contributed by atoms with Crippen LogP contribution in [-0.2, 0) is 37.5 Å². The summed E-state index contributed by atoms with van der Waals surface area (Å²) in [5, 5.41) is 5.92. The van der Waals surface area contributed by atoms with Gasteiger partial charge in [0.25, 0.3) is 11.8 Å². The number of sulfonamides is 1. The van der Waals surface area contributed by atoms with Crippen molar-refractivity contribution in [2.24, 2.45) is 5.73 Å². The fourth-order valence-electron chi connectivity index (χ4n) is 8.60. The number of hydrogen-bond donors (Lipinski definition) is 5. The molecule has 2 aliphatic heterocycles. The maximum absolute atomic E-state index is 14.2. The molecule has 1 saturated carbocycles. The lowest BCUT2D eigenvalue weighted by Crippen LogP contribution is -2.52. The minimum atomic E-state index is -3.70. The zero-order valence-electron chi connectivity index (χ0n) is 34.2. The second-order valence-electron chi connectivity index (χ2n) is 16.2. The van der Waals surface area contributed by atoms with Gasteiger partial charge in [-0.25, -0.2) is 21.9 Å². The minimum absolute atomic E-state index is 0.0696. The van der Waals surface area contributed by atoms with E-state index in [2.05, 4.69) is 15.4 Å². The second-order valence-corrected chi connectivity index (χ2v) is 18.6. The van der Waals surface area contributed by atoms with E-state index in [1.165, 1.54) is 4.90 Å². The number of hydrogen-bond acceptors (Lipinski definition) is 9. The van der Waals surface area contributed by atoms with E-state index in [1.54, 1.807) is 24.3 Å². The third-order valence-electron chi connectivity index (χ3n) is 12.0.